The van der Waals surface area contributed by atoms with Gasteiger partial charge in [-0.1, -0.05) is 42.5 Å². The number of nitrogens with one attached hydrogen (secondary N) is 1. The number of morpholine rings is 1. The zero-order chi connectivity index (χ0) is 20.3. The summed E-state index contributed by atoms with van der Waals surface area (Å²) in [7, 11) is 0. The number of carbonyl (C=O) groups is 2. The summed E-state index contributed by atoms with van der Waals surface area (Å²) < 4.78 is 11.3. The predicted molar refractivity (Wildman–Crippen MR) is 108 cm³/mol. The van der Waals surface area contributed by atoms with Crippen molar-refractivity contribution in [1.29, 1.82) is 0 Å². The van der Waals surface area contributed by atoms with Crippen molar-refractivity contribution in [3.8, 4) is 0 Å². The Kier molecular flexibility index (Phi) is 5.89. The molecule has 6 heteroatoms. The molecule has 0 radical (unpaired) electrons. The molecule has 2 aromatic rings. The van der Waals surface area contributed by atoms with Crippen molar-refractivity contribution in [2.24, 2.45) is 0 Å². The molecule has 0 aliphatic carbocycles. The molecule has 1 unspecified atom stereocenters. The van der Waals surface area contributed by atoms with Crippen LogP contribution in [0.2, 0.25) is 0 Å². The molecule has 2 amide bonds. The highest BCUT2D eigenvalue weighted by Crippen LogP contribution is 2.29. The van der Waals surface area contributed by atoms with Gasteiger partial charge in [0.15, 0.2) is 0 Å². The van der Waals surface area contributed by atoms with Gasteiger partial charge in [-0.3, -0.25) is 9.69 Å². The summed E-state index contributed by atoms with van der Waals surface area (Å²) in [6.07, 6.45) is -0.670. The Hall–Kier alpha value is -2.60. The zero-order valence-electron chi connectivity index (χ0n) is 16.9. The second-order valence-electron chi connectivity index (χ2n) is 8.11. The lowest BCUT2D eigenvalue weighted by Crippen LogP contribution is -2.50. The standard InChI is InChI=1S/C22H28N2O4/c1-15(18-11-7-9-16-8-5-6-10-19(16)18)24(21(26)28-22(2,3)4)13-17-12-23-20(25)14-27-17/h5-11,15,17H,12-14H2,1-4H3,(H,23,25)/t15-,17?/m0/s1. The van der Waals surface area contributed by atoms with Gasteiger partial charge in [0.1, 0.15) is 12.2 Å². The minimum absolute atomic E-state index is 0.00940. The first kappa shape index (κ1) is 20.1. The number of fused-ring (bicyclic) bond motifs is 1. The van der Waals surface area contributed by atoms with E-state index in [1.807, 2.05) is 52.0 Å². The number of amides is 2. The van der Waals surface area contributed by atoms with Crippen molar-refractivity contribution < 1.29 is 19.1 Å². The Balaban J connectivity index is 1.90. The maximum Gasteiger partial charge on any atom is 0.410 e. The van der Waals surface area contributed by atoms with Gasteiger partial charge in [0, 0.05) is 6.54 Å². The molecule has 6 nitrogen and oxygen atoms in total. The van der Waals surface area contributed by atoms with Crippen LogP contribution in [0.5, 0.6) is 0 Å². The van der Waals surface area contributed by atoms with Gasteiger partial charge < -0.3 is 14.8 Å². The Bertz CT molecular complexity index is 844. The topological polar surface area (TPSA) is 67.9 Å². The van der Waals surface area contributed by atoms with Crippen molar-refractivity contribution in [1.82, 2.24) is 10.2 Å². The molecule has 1 fully saturated rings. The van der Waals surface area contributed by atoms with Crippen molar-refractivity contribution >= 4 is 22.8 Å². The number of ether oxygens (including phenoxy) is 2. The monoisotopic (exact) mass is 384 g/mol. The lowest BCUT2D eigenvalue weighted by Gasteiger charge is -2.35. The average Bonchev–Trinajstić information content (AvgIpc) is 2.65. The third kappa shape index (κ3) is 4.81. The summed E-state index contributed by atoms with van der Waals surface area (Å²) in [6.45, 7) is 8.26. The van der Waals surface area contributed by atoms with E-state index >= 15 is 0 Å². The summed E-state index contributed by atoms with van der Waals surface area (Å²) in [4.78, 5) is 26.1. The van der Waals surface area contributed by atoms with Crippen LogP contribution in [0.15, 0.2) is 42.5 Å². The molecule has 0 aromatic heterocycles. The van der Waals surface area contributed by atoms with Crippen LogP contribution in [-0.4, -0.2) is 48.3 Å². The van der Waals surface area contributed by atoms with Gasteiger partial charge in [0.05, 0.1) is 18.7 Å². The molecule has 0 bridgehead atoms. The molecule has 1 N–H and O–H groups in total. The first-order valence-corrected chi connectivity index (χ1v) is 9.60. The number of hydrogen-bond acceptors (Lipinski definition) is 4. The summed E-state index contributed by atoms with van der Waals surface area (Å²) in [5.74, 6) is -0.137. The fourth-order valence-electron chi connectivity index (χ4n) is 3.36. The van der Waals surface area contributed by atoms with Crippen LogP contribution < -0.4 is 5.32 Å². The minimum atomic E-state index is -0.602. The number of hydrogen-bond donors (Lipinski definition) is 1. The first-order valence-electron chi connectivity index (χ1n) is 9.60. The summed E-state index contributed by atoms with van der Waals surface area (Å²) in [5.41, 5.74) is 0.443. The lowest BCUT2D eigenvalue weighted by molar-refractivity contribution is -0.133. The maximum atomic E-state index is 13.0. The summed E-state index contributed by atoms with van der Waals surface area (Å²) in [6, 6.07) is 14.0. The quantitative estimate of drug-likeness (QED) is 0.874. The predicted octanol–water partition coefficient (Wildman–Crippen LogP) is 3.65. The highest BCUT2D eigenvalue weighted by Gasteiger charge is 2.31. The Labute approximate surface area is 165 Å². The number of nitrogens with zero attached hydrogens (tertiary/aromatic N) is 1. The second-order valence-corrected chi connectivity index (χ2v) is 8.11. The lowest BCUT2D eigenvalue weighted by atomic mass is 9.98. The van der Waals surface area contributed by atoms with Crippen LogP contribution in [0.3, 0.4) is 0 Å². The van der Waals surface area contributed by atoms with Gasteiger partial charge in [0.2, 0.25) is 5.91 Å². The Morgan fingerprint density at radius 2 is 1.96 bits per heavy atom. The van der Waals surface area contributed by atoms with E-state index in [0.717, 1.165) is 16.3 Å². The normalized spacial score (nSPS) is 18.4. The van der Waals surface area contributed by atoms with Gasteiger partial charge in [-0.15, -0.1) is 0 Å². The van der Waals surface area contributed by atoms with Gasteiger partial charge >= 0.3 is 6.09 Å². The summed E-state index contributed by atoms with van der Waals surface area (Å²) in [5, 5.41) is 5.01. The molecule has 3 rings (SSSR count). The van der Waals surface area contributed by atoms with Crippen LogP contribution in [0.4, 0.5) is 4.79 Å². The van der Waals surface area contributed by atoms with E-state index in [0.29, 0.717) is 13.1 Å². The van der Waals surface area contributed by atoms with Gasteiger partial charge in [0.25, 0.3) is 0 Å². The average molecular weight is 384 g/mol. The Morgan fingerprint density at radius 1 is 1.25 bits per heavy atom. The minimum Gasteiger partial charge on any atom is -0.444 e. The summed E-state index contributed by atoms with van der Waals surface area (Å²) >= 11 is 0. The van der Waals surface area contributed by atoms with Crippen molar-refractivity contribution in [3.05, 3.63) is 48.0 Å². The van der Waals surface area contributed by atoms with E-state index in [2.05, 4.69) is 23.5 Å². The molecule has 1 aliphatic rings. The largest absolute Gasteiger partial charge is 0.444 e. The first-order chi connectivity index (χ1) is 13.2. The zero-order valence-corrected chi connectivity index (χ0v) is 16.9. The molecule has 0 spiro atoms. The van der Waals surface area contributed by atoms with Crippen molar-refractivity contribution in [3.63, 3.8) is 0 Å². The molecular formula is C22H28N2O4. The third-order valence-electron chi connectivity index (χ3n) is 4.75. The molecule has 150 valence electrons. The van der Waals surface area contributed by atoms with Crippen LogP contribution in [0.25, 0.3) is 10.8 Å². The smallest absolute Gasteiger partial charge is 0.410 e. The molecule has 28 heavy (non-hydrogen) atoms. The molecule has 2 atom stereocenters. The van der Waals surface area contributed by atoms with E-state index in [4.69, 9.17) is 9.47 Å². The molecule has 1 heterocycles. The van der Waals surface area contributed by atoms with Gasteiger partial charge in [-0.05, 0) is 44.0 Å². The van der Waals surface area contributed by atoms with E-state index in [9.17, 15) is 9.59 Å². The number of carbonyl (C=O) groups excluding carboxylic acids is 2. The van der Waals surface area contributed by atoms with Crippen LogP contribution in [0.1, 0.15) is 39.3 Å². The fourth-order valence-corrected chi connectivity index (χ4v) is 3.36. The second kappa shape index (κ2) is 8.19. The molecular weight excluding hydrogens is 356 g/mol. The van der Waals surface area contributed by atoms with Crippen LogP contribution in [-0.2, 0) is 14.3 Å². The van der Waals surface area contributed by atoms with E-state index in [1.54, 1.807) is 4.90 Å². The SMILES string of the molecule is C[C@@H](c1cccc2ccccc12)N(CC1CNC(=O)CO1)C(=O)OC(C)(C)C. The number of benzene rings is 2. The Morgan fingerprint density at radius 3 is 2.64 bits per heavy atom. The van der Waals surface area contributed by atoms with Gasteiger partial charge in [-0.2, -0.15) is 0 Å². The highest BCUT2D eigenvalue weighted by molar-refractivity contribution is 5.86. The molecule has 0 saturated carbocycles. The number of rotatable bonds is 4. The van der Waals surface area contributed by atoms with Crippen molar-refractivity contribution in [2.75, 3.05) is 19.7 Å². The molecule has 1 saturated heterocycles. The van der Waals surface area contributed by atoms with Gasteiger partial charge in [-0.25, -0.2) is 4.79 Å². The fraction of sp³-hybridized carbons (Fsp3) is 0.455. The van der Waals surface area contributed by atoms with E-state index in [-0.39, 0.29) is 24.7 Å². The van der Waals surface area contributed by atoms with E-state index < -0.39 is 11.7 Å². The molecule has 1 aliphatic heterocycles. The third-order valence-corrected chi connectivity index (χ3v) is 4.75. The molecule has 2 aromatic carbocycles. The van der Waals surface area contributed by atoms with E-state index in [1.165, 1.54) is 0 Å². The van der Waals surface area contributed by atoms with Crippen molar-refractivity contribution in [2.45, 2.75) is 45.4 Å². The van der Waals surface area contributed by atoms with Crippen LogP contribution >= 0.6 is 0 Å². The highest BCUT2D eigenvalue weighted by atomic mass is 16.6. The van der Waals surface area contributed by atoms with Crippen LogP contribution in [0, 0.1) is 0 Å². The maximum absolute atomic E-state index is 13.0.